The molecule has 0 fully saturated rings. The Morgan fingerprint density at radius 3 is 2.91 bits per heavy atom. The van der Waals surface area contributed by atoms with E-state index >= 15 is 0 Å². The number of aryl methyl sites for hydroxylation is 2. The highest BCUT2D eigenvalue weighted by molar-refractivity contribution is 5.87. The Labute approximate surface area is 129 Å². The summed E-state index contributed by atoms with van der Waals surface area (Å²) in [7, 11) is 1.98. The van der Waals surface area contributed by atoms with E-state index < -0.39 is 0 Å². The number of benzene rings is 1. The Hall–Kier alpha value is -2.20. The first-order chi connectivity index (χ1) is 10.6. The Balaban J connectivity index is 1.97. The predicted molar refractivity (Wildman–Crippen MR) is 86.8 cm³/mol. The van der Waals surface area contributed by atoms with Crippen molar-refractivity contribution in [2.75, 3.05) is 6.61 Å². The van der Waals surface area contributed by atoms with Gasteiger partial charge in [-0.3, -0.25) is 9.67 Å². The number of nitrogens with zero attached hydrogens (tertiary/aromatic N) is 3. The van der Waals surface area contributed by atoms with Crippen molar-refractivity contribution < 1.29 is 4.74 Å². The topological polar surface area (TPSA) is 39.9 Å². The van der Waals surface area contributed by atoms with E-state index in [4.69, 9.17) is 4.74 Å². The van der Waals surface area contributed by atoms with Crippen molar-refractivity contribution in [1.82, 2.24) is 14.8 Å². The minimum absolute atomic E-state index is 0.400. The zero-order chi connectivity index (χ0) is 15.3. The Bertz CT molecular complexity index is 866. The molecule has 4 rings (SSSR count). The Morgan fingerprint density at radius 2 is 2.05 bits per heavy atom. The molecule has 0 aliphatic carbocycles. The summed E-state index contributed by atoms with van der Waals surface area (Å²) in [5.74, 6) is 0.400. The second kappa shape index (κ2) is 4.92. The lowest BCUT2D eigenvalue weighted by molar-refractivity contribution is 0.0952. The lowest BCUT2D eigenvalue weighted by Crippen LogP contribution is -2.15. The molecular formula is C18H19N3O. The molecule has 1 unspecified atom stereocenters. The summed E-state index contributed by atoms with van der Waals surface area (Å²) in [6, 6.07) is 4.42. The molecule has 0 N–H and O–H groups in total. The fraction of sp³-hybridized carbons (Fsp3) is 0.333. The summed E-state index contributed by atoms with van der Waals surface area (Å²) >= 11 is 0. The summed E-state index contributed by atoms with van der Waals surface area (Å²) in [6.07, 6.45) is 5.87. The first kappa shape index (κ1) is 13.5. The highest BCUT2D eigenvalue weighted by atomic mass is 16.5. The fourth-order valence-electron chi connectivity index (χ4n) is 3.35. The third-order valence-corrected chi connectivity index (χ3v) is 4.62. The molecule has 4 heteroatoms. The predicted octanol–water partition coefficient (Wildman–Crippen LogP) is 3.58. The highest BCUT2D eigenvalue weighted by Crippen LogP contribution is 2.36. The van der Waals surface area contributed by atoms with Gasteiger partial charge in [-0.15, -0.1) is 0 Å². The normalized spacial score (nSPS) is 17.7. The van der Waals surface area contributed by atoms with Gasteiger partial charge in [-0.2, -0.15) is 5.10 Å². The molecule has 1 atom stereocenters. The molecule has 0 radical (unpaired) electrons. The highest BCUT2D eigenvalue weighted by Gasteiger charge is 2.21. The van der Waals surface area contributed by atoms with Crippen molar-refractivity contribution in [2.24, 2.45) is 7.05 Å². The van der Waals surface area contributed by atoms with Crippen LogP contribution in [0.2, 0.25) is 0 Å². The SMILES string of the molecule is Cc1cc2cnn(C)c2cc1-c1cncc2c1COCC2C. The average molecular weight is 293 g/mol. The molecule has 0 bridgehead atoms. The molecular weight excluding hydrogens is 274 g/mol. The number of hydrogen-bond acceptors (Lipinski definition) is 3. The third kappa shape index (κ3) is 1.95. The van der Waals surface area contributed by atoms with E-state index in [1.807, 2.05) is 30.3 Å². The molecule has 0 saturated carbocycles. The molecule has 3 heterocycles. The third-order valence-electron chi connectivity index (χ3n) is 4.62. The number of hydrogen-bond donors (Lipinski definition) is 0. The maximum atomic E-state index is 5.76. The smallest absolute Gasteiger partial charge is 0.0727 e. The van der Waals surface area contributed by atoms with Crippen LogP contribution in [0.3, 0.4) is 0 Å². The van der Waals surface area contributed by atoms with Gasteiger partial charge in [-0.25, -0.2) is 0 Å². The molecule has 1 aliphatic rings. The van der Waals surface area contributed by atoms with Crippen LogP contribution in [0.15, 0.2) is 30.7 Å². The second-order valence-electron chi connectivity index (χ2n) is 6.17. The summed E-state index contributed by atoms with van der Waals surface area (Å²) < 4.78 is 7.68. The first-order valence-electron chi connectivity index (χ1n) is 7.62. The number of fused-ring (bicyclic) bond motifs is 2. The maximum Gasteiger partial charge on any atom is 0.0727 e. The average Bonchev–Trinajstić information content (AvgIpc) is 2.87. The molecule has 1 aliphatic heterocycles. The van der Waals surface area contributed by atoms with E-state index in [9.17, 15) is 0 Å². The zero-order valence-corrected chi connectivity index (χ0v) is 13.1. The Kier molecular flexibility index (Phi) is 3.01. The van der Waals surface area contributed by atoms with E-state index in [0.29, 0.717) is 12.5 Å². The molecule has 3 aromatic rings. The monoisotopic (exact) mass is 293 g/mol. The minimum atomic E-state index is 0.400. The maximum absolute atomic E-state index is 5.76. The lowest BCUT2D eigenvalue weighted by Gasteiger charge is -2.25. The van der Waals surface area contributed by atoms with Crippen molar-refractivity contribution in [2.45, 2.75) is 26.4 Å². The zero-order valence-electron chi connectivity index (χ0n) is 13.1. The molecule has 4 nitrogen and oxygen atoms in total. The van der Waals surface area contributed by atoms with Crippen LogP contribution in [0, 0.1) is 6.92 Å². The molecule has 112 valence electrons. The van der Waals surface area contributed by atoms with Gasteiger partial charge in [0, 0.05) is 36.3 Å². The number of ether oxygens (including phenoxy) is 1. The van der Waals surface area contributed by atoms with Gasteiger partial charge in [-0.05, 0) is 41.3 Å². The van der Waals surface area contributed by atoms with Crippen LogP contribution in [0.25, 0.3) is 22.0 Å². The van der Waals surface area contributed by atoms with Crippen molar-refractivity contribution in [3.8, 4) is 11.1 Å². The fourth-order valence-corrected chi connectivity index (χ4v) is 3.35. The van der Waals surface area contributed by atoms with E-state index in [0.717, 1.165) is 12.1 Å². The van der Waals surface area contributed by atoms with E-state index in [-0.39, 0.29) is 0 Å². The van der Waals surface area contributed by atoms with Crippen molar-refractivity contribution in [1.29, 1.82) is 0 Å². The van der Waals surface area contributed by atoms with Crippen LogP contribution >= 0.6 is 0 Å². The summed E-state index contributed by atoms with van der Waals surface area (Å²) in [5.41, 5.74) is 7.38. The number of aromatic nitrogens is 3. The van der Waals surface area contributed by atoms with Gasteiger partial charge in [0.25, 0.3) is 0 Å². The van der Waals surface area contributed by atoms with Gasteiger partial charge >= 0.3 is 0 Å². The van der Waals surface area contributed by atoms with E-state index in [1.54, 1.807) is 0 Å². The number of rotatable bonds is 1. The van der Waals surface area contributed by atoms with Gasteiger partial charge in [0.1, 0.15) is 0 Å². The summed E-state index contributed by atoms with van der Waals surface area (Å²) in [4.78, 5) is 4.48. The molecule has 0 spiro atoms. The standard InChI is InChI=1S/C18H19N3O/c1-11-4-13-6-20-21(3)18(13)5-14(11)16-8-19-7-15-12(2)9-22-10-17(15)16/h4-8,12H,9-10H2,1-3H3. The van der Waals surface area contributed by atoms with Crippen LogP contribution in [0.5, 0.6) is 0 Å². The number of pyridine rings is 1. The first-order valence-corrected chi connectivity index (χ1v) is 7.62. The van der Waals surface area contributed by atoms with Gasteiger partial charge in [-0.1, -0.05) is 6.92 Å². The lowest BCUT2D eigenvalue weighted by atomic mass is 9.89. The van der Waals surface area contributed by atoms with Crippen LogP contribution < -0.4 is 0 Å². The quantitative estimate of drug-likeness (QED) is 0.688. The van der Waals surface area contributed by atoms with Crippen molar-refractivity contribution >= 4 is 10.9 Å². The largest absolute Gasteiger partial charge is 0.376 e. The molecule has 0 amide bonds. The van der Waals surface area contributed by atoms with Gasteiger partial charge in [0.2, 0.25) is 0 Å². The minimum Gasteiger partial charge on any atom is -0.376 e. The summed E-state index contributed by atoms with van der Waals surface area (Å²) in [5, 5.41) is 5.52. The van der Waals surface area contributed by atoms with Crippen LogP contribution in [0.4, 0.5) is 0 Å². The molecule has 2 aromatic heterocycles. The Morgan fingerprint density at radius 1 is 1.18 bits per heavy atom. The van der Waals surface area contributed by atoms with E-state index in [1.165, 1.54) is 33.2 Å². The molecule has 22 heavy (non-hydrogen) atoms. The van der Waals surface area contributed by atoms with Crippen LogP contribution in [-0.4, -0.2) is 21.4 Å². The molecule has 0 saturated heterocycles. The van der Waals surface area contributed by atoms with Crippen LogP contribution in [0.1, 0.15) is 29.5 Å². The van der Waals surface area contributed by atoms with Crippen LogP contribution in [-0.2, 0) is 18.4 Å². The van der Waals surface area contributed by atoms with Gasteiger partial charge in [0.05, 0.1) is 24.9 Å². The summed E-state index contributed by atoms with van der Waals surface area (Å²) in [6.45, 7) is 5.78. The van der Waals surface area contributed by atoms with Crippen molar-refractivity contribution in [3.05, 3.63) is 47.4 Å². The van der Waals surface area contributed by atoms with Gasteiger partial charge < -0.3 is 4.74 Å². The molecule has 1 aromatic carbocycles. The van der Waals surface area contributed by atoms with Crippen molar-refractivity contribution in [3.63, 3.8) is 0 Å². The second-order valence-corrected chi connectivity index (χ2v) is 6.17. The van der Waals surface area contributed by atoms with Gasteiger partial charge in [0.15, 0.2) is 0 Å². The van der Waals surface area contributed by atoms with E-state index in [2.05, 4.69) is 36.1 Å².